The number of H-pyrrole nitrogens is 1. The molecule has 1 fully saturated rings. The maximum atomic E-state index is 12.4. The number of hydrogen-bond acceptors (Lipinski definition) is 5. The molecule has 1 aliphatic rings. The second-order valence-corrected chi connectivity index (χ2v) is 9.22. The molecule has 3 N–H and O–H groups in total. The van der Waals surface area contributed by atoms with Crippen LogP contribution in [0.15, 0.2) is 59.9 Å². The van der Waals surface area contributed by atoms with E-state index in [9.17, 15) is 9.59 Å². The predicted octanol–water partition coefficient (Wildman–Crippen LogP) is 4.17. The van der Waals surface area contributed by atoms with Crippen molar-refractivity contribution in [3.8, 4) is 11.4 Å². The minimum Gasteiger partial charge on any atom is -0.360 e. The summed E-state index contributed by atoms with van der Waals surface area (Å²) >= 11 is 1.34. The zero-order chi connectivity index (χ0) is 23.5. The fraction of sp³-hybridized carbons (Fsp3) is 0.280. The number of amides is 2. The van der Waals surface area contributed by atoms with Crippen LogP contribution >= 0.6 is 11.8 Å². The third kappa shape index (κ3) is 4.70. The number of anilines is 1. The second kappa shape index (κ2) is 9.72. The Morgan fingerprint density at radius 3 is 2.71 bits per heavy atom. The van der Waals surface area contributed by atoms with Crippen molar-refractivity contribution in [2.45, 2.75) is 37.4 Å². The van der Waals surface area contributed by atoms with Crippen LogP contribution in [0, 0.1) is 0 Å². The number of nitrogens with zero attached hydrogens (tertiary/aromatic N) is 3. The van der Waals surface area contributed by atoms with E-state index in [1.165, 1.54) is 11.8 Å². The number of carbonyl (C=O) groups is 2. The maximum absolute atomic E-state index is 12.4. The molecule has 9 heteroatoms. The zero-order valence-corrected chi connectivity index (χ0v) is 19.7. The highest BCUT2D eigenvalue weighted by Crippen LogP contribution is 2.42. The van der Waals surface area contributed by atoms with Crippen molar-refractivity contribution in [1.82, 2.24) is 25.1 Å². The Morgan fingerprint density at radius 2 is 1.88 bits per heavy atom. The maximum Gasteiger partial charge on any atom is 0.243 e. The molecule has 2 amide bonds. The van der Waals surface area contributed by atoms with Crippen LogP contribution in [0.3, 0.4) is 0 Å². The third-order valence-corrected chi connectivity index (χ3v) is 6.80. The van der Waals surface area contributed by atoms with Gasteiger partial charge in [-0.2, -0.15) is 0 Å². The van der Waals surface area contributed by atoms with Crippen molar-refractivity contribution in [2.75, 3.05) is 17.6 Å². The molecule has 2 aromatic carbocycles. The lowest BCUT2D eigenvalue weighted by Crippen LogP contribution is -2.34. The van der Waals surface area contributed by atoms with Gasteiger partial charge in [0.15, 0.2) is 11.0 Å². The first kappa shape index (κ1) is 22.2. The third-order valence-electron chi connectivity index (χ3n) is 5.86. The van der Waals surface area contributed by atoms with Gasteiger partial charge in [0.05, 0.1) is 12.3 Å². The Morgan fingerprint density at radius 1 is 1.09 bits per heavy atom. The molecule has 174 valence electrons. The van der Waals surface area contributed by atoms with Crippen LogP contribution in [0.25, 0.3) is 22.3 Å². The van der Waals surface area contributed by atoms with Gasteiger partial charge >= 0.3 is 0 Å². The first-order valence-electron chi connectivity index (χ1n) is 11.4. The van der Waals surface area contributed by atoms with Crippen molar-refractivity contribution in [3.05, 3.63) is 60.3 Å². The summed E-state index contributed by atoms with van der Waals surface area (Å²) < 4.78 is 2.14. The van der Waals surface area contributed by atoms with Crippen LogP contribution in [0.2, 0.25) is 0 Å². The highest BCUT2D eigenvalue weighted by molar-refractivity contribution is 7.99. The SMILES string of the molecule is CCc1ccccc1NC(=O)CNC(=O)CSc1nnc(-c2c[nH]c3ccccc23)n1C1CC1. The molecule has 0 bridgehead atoms. The summed E-state index contributed by atoms with van der Waals surface area (Å²) in [6.45, 7) is 1.96. The van der Waals surface area contributed by atoms with Gasteiger partial charge in [-0.1, -0.05) is 55.1 Å². The molecular weight excluding hydrogens is 448 g/mol. The number of rotatable bonds is 9. The molecule has 0 unspecified atom stereocenters. The smallest absolute Gasteiger partial charge is 0.243 e. The number of aryl methyl sites for hydroxylation is 1. The summed E-state index contributed by atoms with van der Waals surface area (Å²) in [5.41, 5.74) is 3.90. The fourth-order valence-electron chi connectivity index (χ4n) is 3.98. The van der Waals surface area contributed by atoms with Crippen LogP contribution in [0.4, 0.5) is 5.69 Å². The molecule has 34 heavy (non-hydrogen) atoms. The number of thioether (sulfide) groups is 1. The number of hydrogen-bond donors (Lipinski definition) is 3. The highest BCUT2D eigenvalue weighted by Gasteiger charge is 2.31. The number of benzene rings is 2. The van der Waals surface area contributed by atoms with Crippen LogP contribution in [-0.2, 0) is 16.0 Å². The Balaban J connectivity index is 1.21. The lowest BCUT2D eigenvalue weighted by atomic mass is 10.1. The Bertz CT molecular complexity index is 1340. The summed E-state index contributed by atoms with van der Waals surface area (Å²) in [7, 11) is 0. The fourth-order valence-corrected chi connectivity index (χ4v) is 4.82. The largest absolute Gasteiger partial charge is 0.360 e. The summed E-state index contributed by atoms with van der Waals surface area (Å²) in [6, 6.07) is 16.1. The van der Waals surface area contributed by atoms with Crippen LogP contribution in [0.1, 0.15) is 31.4 Å². The molecular formula is C25H26N6O2S. The molecule has 2 aromatic heterocycles. The molecule has 2 heterocycles. The number of nitrogens with one attached hydrogen (secondary N) is 3. The second-order valence-electron chi connectivity index (χ2n) is 8.28. The molecule has 1 saturated carbocycles. The van der Waals surface area contributed by atoms with E-state index < -0.39 is 0 Å². The molecule has 0 aliphatic heterocycles. The quantitative estimate of drug-likeness (QED) is 0.316. The minimum atomic E-state index is -0.248. The van der Waals surface area contributed by atoms with Crippen LogP contribution in [0.5, 0.6) is 0 Å². The molecule has 0 radical (unpaired) electrons. The summed E-state index contributed by atoms with van der Waals surface area (Å²) in [5, 5.41) is 16.2. The number of aromatic amines is 1. The summed E-state index contributed by atoms with van der Waals surface area (Å²) in [6.07, 6.45) is 4.94. The lowest BCUT2D eigenvalue weighted by Gasteiger charge is -2.10. The highest BCUT2D eigenvalue weighted by atomic mass is 32.2. The van der Waals surface area contributed by atoms with E-state index in [1.807, 2.05) is 55.6 Å². The minimum absolute atomic E-state index is 0.0760. The van der Waals surface area contributed by atoms with Gasteiger partial charge in [0.2, 0.25) is 11.8 Å². The van der Waals surface area contributed by atoms with Crippen LogP contribution < -0.4 is 10.6 Å². The molecule has 0 atom stereocenters. The van der Waals surface area contributed by atoms with E-state index in [1.54, 1.807) is 0 Å². The van der Waals surface area contributed by atoms with E-state index in [-0.39, 0.29) is 24.1 Å². The normalized spacial score (nSPS) is 13.2. The number of fused-ring (bicyclic) bond motifs is 1. The van der Waals surface area contributed by atoms with Gasteiger partial charge in [0.25, 0.3) is 0 Å². The van der Waals surface area contributed by atoms with Gasteiger partial charge < -0.3 is 15.6 Å². The molecule has 5 rings (SSSR count). The topological polar surface area (TPSA) is 105 Å². The van der Waals surface area contributed by atoms with Gasteiger partial charge in [-0.15, -0.1) is 10.2 Å². The molecule has 0 spiro atoms. The van der Waals surface area contributed by atoms with Gasteiger partial charge in [0, 0.05) is 34.4 Å². The van der Waals surface area contributed by atoms with Crippen molar-refractivity contribution in [1.29, 1.82) is 0 Å². The van der Waals surface area contributed by atoms with E-state index in [0.717, 1.165) is 58.0 Å². The van der Waals surface area contributed by atoms with E-state index in [2.05, 4.69) is 36.4 Å². The standard InChI is InChI=1S/C25H26N6O2S/c1-2-16-7-3-5-9-20(16)28-22(32)14-27-23(33)15-34-25-30-29-24(31(25)17-11-12-17)19-13-26-21-10-6-4-8-18(19)21/h3-10,13,17,26H,2,11-12,14-15H2,1H3,(H,27,33)(H,28,32). The first-order chi connectivity index (χ1) is 16.6. The Labute approximate surface area is 201 Å². The molecule has 1 aliphatic carbocycles. The van der Waals surface area contributed by atoms with Crippen molar-refractivity contribution >= 4 is 40.2 Å². The number of para-hydroxylation sites is 2. The average Bonchev–Trinajstić information content (AvgIpc) is 3.47. The monoisotopic (exact) mass is 474 g/mol. The van der Waals surface area contributed by atoms with Gasteiger partial charge in [-0.25, -0.2) is 0 Å². The lowest BCUT2D eigenvalue weighted by molar-refractivity contribution is -0.122. The molecule has 4 aromatic rings. The van der Waals surface area contributed by atoms with Gasteiger partial charge in [-0.05, 0) is 37.0 Å². The van der Waals surface area contributed by atoms with E-state index >= 15 is 0 Å². The first-order valence-corrected chi connectivity index (χ1v) is 12.4. The number of aromatic nitrogens is 4. The Hall–Kier alpha value is -3.59. The molecule has 0 saturated heterocycles. The van der Waals surface area contributed by atoms with Crippen molar-refractivity contribution in [2.24, 2.45) is 0 Å². The number of carbonyl (C=O) groups excluding carboxylic acids is 2. The predicted molar refractivity (Wildman–Crippen MR) is 134 cm³/mol. The Kier molecular flexibility index (Phi) is 6.35. The van der Waals surface area contributed by atoms with E-state index in [0.29, 0.717) is 6.04 Å². The van der Waals surface area contributed by atoms with E-state index in [4.69, 9.17) is 0 Å². The molecule has 8 nitrogen and oxygen atoms in total. The zero-order valence-electron chi connectivity index (χ0n) is 18.9. The van der Waals surface area contributed by atoms with Crippen LogP contribution in [-0.4, -0.2) is 43.9 Å². The summed E-state index contributed by atoms with van der Waals surface area (Å²) in [4.78, 5) is 28.0. The van der Waals surface area contributed by atoms with Crippen molar-refractivity contribution < 1.29 is 9.59 Å². The van der Waals surface area contributed by atoms with Gasteiger partial charge in [0.1, 0.15) is 0 Å². The average molecular weight is 475 g/mol. The summed E-state index contributed by atoms with van der Waals surface area (Å²) in [5.74, 6) is 0.513. The van der Waals surface area contributed by atoms with Gasteiger partial charge in [-0.3, -0.25) is 14.2 Å². The van der Waals surface area contributed by atoms with Crippen molar-refractivity contribution in [3.63, 3.8) is 0 Å².